The van der Waals surface area contributed by atoms with E-state index < -0.39 is 6.23 Å². The van der Waals surface area contributed by atoms with Crippen LogP contribution in [0.4, 0.5) is 11.4 Å². The Hall–Kier alpha value is -14.1. The Morgan fingerprint density at radius 3 is 1.16 bits per heavy atom. The van der Waals surface area contributed by atoms with Gasteiger partial charge < -0.3 is 71.7 Å². The van der Waals surface area contributed by atoms with E-state index in [0.29, 0.717) is 17.2 Å². The van der Waals surface area contributed by atoms with Crippen molar-refractivity contribution in [3.63, 3.8) is 0 Å². The fourth-order valence-corrected chi connectivity index (χ4v) is 17.7. The van der Waals surface area contributed by atoms with Crippen LogP contribution in [0.3, 0.4) is 0 Å². The minimum atomic E-state index is -0.890. The monoisotopic (exact) mass is 1500 g/mol. The van der Waals surface area contributed by atoms with Gasteiger partial charge in [-0.2, -0.15) is 4.57 Å². The zero-order chi connectivity index (χ0) is 74.4. The normalized spacial score (nSPS) is 14.6. The molecule has 1 atom stereocenters. The Kier molecular flexibility index (Phi) is 16.6. The van der Waals surface area contributed by atoms with Gasteiger partial charge in [0.25, 0.3) is 0 Å². The fraction of sp³-hybridized carbons (Fsp3) is 0.133. The smallest absolute Gasteiger partial charge is 0.231 e. The van der Waals surface area contributed by atoms with Gasteiger partial charge >= 0.3 is 0 Å². The Morgan fingerprint density at radius 2 is 0.649 bits per heavy atom. The van der Waals surface area contributed by atoms with Crippen LogP contribution < -0.4 is 71.2 Å². The standard InChI is InChI=1S/C32H23NO5.C32H23NO4.C32H22NO4.2CH4/c1-33-29-23(21-13-14-25-30(37-16-35-25)28(21)32(33)34)12-11-22-24(29)15-26-31(38-17-36-26)27(22)20-9-7-19(8-10-20)18-5-3-2-4-6-18;2*1-33-16-26-22(13-14-27-31(26)36-17-34-27)24-12-11-23-25(30(24)33)15-28-32(37-18-35-28)29(23)21-9-7-20(8-10-21)19-5-3-2-4-6-19;;/h2-15,32,34H,16-17H2,1H3;2-15H,16-18H2,1H3;2-16H,17-18H2,1H3;2*1H4/q;;+1;;. The van der Waals surface area contributed by atoms with Crippen LogP contribution in [0, 0.1) is 0 Å². The van der Waals surface area contributed by atoms with Gasteiger partial charge in [-0.1, -0.05) is 209 Å². The Labute approximate surface area is 657 Å². The topological polar surface area (TPSA) is 141 Å². The first-order valence-electron chi connectivity index (χ1n) is 37.3. The van der Waals surface area contributed by atoms with Crippen LogP contribution in [0.2, 0.25) is 0 Å². The van der Waals surface area contributed by atoms with Crippen LogP contribution in [0.1, 0.15) is 32.2 Å². The Bertz CT molecular complexity index is 6600. The highest BCUT2D eigenvalue weighted by molar-refractivity contribution is 6.19. The van der Waals surface area contributed by atoms with Gasteiger partial charge in [-0.3, -0.25) is 0 Å². The molecule has 1 N–H and O–H groups in total. The first-order chi connectivity index (χ1) is 55.2. The SMILES string of the molecule is C.C.CN1Cc2c(ccc3c2OCO3)-c2ccc3c(-c4ccc(-c5ccccc5)cc4)c4c(cc3c21)OCO4.CN1c2c(ccc3c(-c4ccc(-c5ccccc5)cc4)c4c(cc23)OCO4)-c2ccc3c(c2C1O)OCO3.C[n+]1cc2c3c(ccc2c2ccc4c(-c5ccc(-c6ccccc6)cc5)c5c(cc4c21)OCO5)OCO3. The maximum atomic E-state index is 11.5. The van der Waals surface area contributed by atoms with Gasteiger partial charge in [-0.15, -0.1) is 0 Å². The van der Waals surface area contributed by atoms with E-state index in [4.69, 9.17) is 56.8 Å². The highest BCUT2D eigenvalue weighted by Crippen LogP contribution is 2.59. The average molecular weight is 1500 g/mol. The summed E-state index contributed by atoms with van der Waals surface area (Å²) in [6.07, 6.45) is 1.24. The molecule has 24 rings (SSSR count). The second-order valence-corrected chi connectivity index (χ2v) is 28.9. The summed E-state index contributed by atoms with van der Waals surface area (Å²) in [5, 5.41) is 21.3. The molecule has 560 valence electrons. The predicted octanol–water partition coefficient (Wildman–Crippen LogP) is 22.0. The van der Waals surface area contributed by atoms with Crippen molar-refractivity contribution in [1.29, 1.82) is 0 Å². The van der Waals surface area contributed by atoms with Crippen molar-refractivity contribution in [2.75, 3.05) is 64.7 Å². The summed E-state index contributed by atoms with van der Waals surface area (Å²) in [4.78, 5) is 4.19. The number of aryl methyl sites for hydroxylation is 1. The van der Waals surface area contributed by atoms with Crippen LogP contribution >= 0.6 is 0 Å². The third-order valence-electron chi connectivity index (χ3n) is 22.8. The molecule has 0 fully saturated rings. The molecule has 1 unspecified atom stereocenters. The van der Waals surface area contributed by atoms with Gasteiger partial charge in [-0.05, 0) is 133 Å². The predicted molar refractivity (Wildman–Crippen MR) is 447 cm³/mol. The van der Waals surface area contributed by atoms with Gasteiger partial charge in [-0.25, -0.2) is 0 Å². The van der Waals surface area contributed by atoms with E-state index in [1.807, 2.05) is 72.6 Å². The van der Waals surface area contributed by atoms with Crippen LogP contribution in [-0.2, 0) is 13.6 Å². The summed E-state index contributed by atoms with van der Waals surface area (Å²) < 4.78 is 72.2. The van der Waals surface area contributed by atoms with Crippen molar-refractivity contribution < 1.29 is 66.5 Å². The molecule has 16 aromatic rings. The molecular formula is C98H76N3O13+. The van der Waals surface area contributed by atoms with E-state index in [2.05, 4.69) is 224 Å². The molecule has 0 spiro atoms. The number of ether oxygens (including phenoxy) is 12. The molecule has 0 saturated carbocycles. The lowest BCUT2D eigenvalue weighted by atomic mass is 9.86. The second kappa shape index (κ2) is 27.4. The lowest BCUT2D eigenvalue weighted by Gasteiger charge is -2.36. The molecule has 8 aliphatic rings. The fourth-order valence-electron chi connectivity index (χ4n) is 17.7. The molecule has 0 amide bonds. The molecule has 15 aromatic carbocycles. The molecule has 8 aliphatic heterocycles. The summed E-state index contributed by atoms with van der Waals surface area (Å²) in [5.74, 6) is 9.15. The molecule has 114 heavy (non-hydrogen) atoms. The summed E-state index contributed by atoms with van der Waals surface area (Å²) in [7, 11) is 6.12. The Morgan fingerprint density at radius 1 is 0.298 bits per heavy atom. The Balaban J connectivity index is 0.000000110. The first-order valence-corrected chi connectivity index (χ1v) is 37.3. The van der Waals surface area contributed by atoms with Crippen molar-refractivity contribution in [3.8, 4) is 158 Å². The van der Waals surface area contributed by atoms with Gasteiger partial charge in [0, 0.05) is 75.6 Å². The van der Waals surface area contributed by atoms with Crippen LogP contribution in [-0.4, -0.2) is 60.0 Å². The number of hydrogen-bond acceptors (Lipinski definition) is 15. The number of nitrogens with zero attached hydrogens (tertiary/aromatic N) is 3. The number of aliphatic hydroxyl groups excluding tert-OH is 1. The third kappa shape index (κ3) is 10.9. The number of rotatable bonds is 6. The number of pyridine rings is 1. The number of anilines is 2. The molecule has 9 heterocycles. The summed E-state index contributed by atoms with van der Waals surface area (Å²) >= 11 is 0. The maximum absolute atomic E-state index is 11.5. The molecule has 1 aromatic heterocycles. The van der Waals surface area contributed by atoms with Gasteiger partial charge in [0.1, 0.15) is 7.05 Å². The van der Waals surface area contributed by atoms with E-state index in [1.54, 1.807) is 0 Å². The quantitative estimate of drug-likeness (QED) is 0.125. The maximum Gasteiger partial charge on any atom is 0.231 e. The molecule has 0 radical (unpaired) electrons. The van der Waals surface area contributed by atoms with Crippen molar-refractivity contribution in [3.05, 3.63) is 272 Å². The van der Waals surface area contributed by atoms with E-state index in [-0.39, 0.29) is 55.6 Å². The lowest BCUT2D eigenvalue weighted by Crippen LogP contribution is -2.28. The minimum absolute atomic E-state index is 0. The van der Waals surface area contributed by atoms with Gasteiger partial charge in [0.2, 0.25) is 46.3 Å². The van der Waals surface area contributed by atoms with Gasteiger partial charge in [0.05, 0.1) is 33.1 Å². The number of aromatic nitrogens is 1. The molecular weight excluding hydrogens is 1430 g/mol. The van der Waals surface area contributed by atoms with Crippen LogP contribution in [0.25, 0.3) is 143 Å². The molecule has 16 heteroatoms. The van der Waals surface area contributed by atoms with E-state index in [1.165, 1.54) is 50.2 Å². The molecule has 0 bridgehead atoms. The van der Waals surface area contributed by atoms with Crippen molar-refractivity contribution in [2.24, 2.45) is 7.05 Å². The average Bonchev–Trinajstić information content (AvgIpc) is 1.15. The number of hydrogen-bond donors (Lipinski definition) is 1. The highest BCUT2D eigenvalue weighted by Gasteiger charge is 2.38. The van der Waals surface area contributed by atoms with Crippen molar-refractivity contribution in [1.82, 2.24) is 0 Å². The van der Waals surface area contributed by atoms with Crippen LogP contribution in [0.5, 0.6) is 69.0 Å². The summed E-state index contributed by atoms with van der Waals surface area (Å²) in [6.45, 7) is 2.04. The zero-order valence-electron chi connectivity index (χ0n) is 61.0. The molecule has 0 aliphatic carbocycles. The minimum Gasteiger partial charge on any atom is -0.454 e. The largest absolute Gasteiger partial charge is 0.454 e. The zero-order valence-corrected chi connectivity index (χ0v) is 61.0. The molecule has 16 nitrogen and oxygen atoms in total. The van der Waals surface area contributed by atoms with Crippen LogP contribution in [0.15, 0.2) is 261 Å². The number of benzene rings is 15. The van der Waals surface area contributed by atoms with Gasteiger partial charge in [0.15, 0.2) is 81.4 Å². The van der Waals surface area contributed by atoms with Crippen molar-refractivity contribution in [2.45, 2.75) is 27.6 Å². The third-order valence-corrected chi connectivity index (χ3v) is 22.8. The second-order valence-electron chi connectivity index (χ2n) is 28.9. The highest BCUT2D eigenvalue weighted by atomic mass is 16.7. The van der Waals surface area contributed by atoms with E-state index in [0.717, 1.165) is 174 Å². The summed E-state index contributed by atoms with van der Waals surface area (Å²) in [6, 6.07) is 88.7. The number of aliphatic hydroxyl groups is 1. The number of fused-ring (bicyclic) bond motifs is 24. The summed E-state index contributed by atoms with van der Waals surface area (Å²) in [5.41, 5.74) is 22.9. The first kappa shape index (κ1) is 69.1. The lowest BCUT2D eigenvalue weighted by molar-refractivity contribution is -0.642. The van der Waals surface area contributed by atoms with E-state index in [9.17, 15) is 5.11 Å². The van der Waals surface area contributed by atoms with Crippen molar-refractivity contribution >= 4 is 65.4 Å². The molecule has 0 saturated heterocycles. The van der Waals surface area contributed by atoms with E-state index >= 15 is 0 Å².